The molecule has 0 bridgehead atoms. The molecule has 0 aliphatic heterocycles. The molecule has 0 fully saturated rings. The van der Waals surface area contributed by atoms with Crippen molar-refractivity contribution in [2.75, 3.05) is 25.1 Å². The van der Waals surface area contributed by atoms with Gasteiger partial charge in [-0.15, -0.1) is 0 Å². The van der Waals surface area contributed by atoms with E-state index in [1.807, 2.05) is 25.8 Å². The fourth-order valence-electron chi connectivity index (χ4n) is 1.65. The van der Waals surface area contributed by atoms with Crippen LogP contribution in [0, 0.1) is 5.82 Å². The number of hydrogen-bond acceptors (Lipinski definition) is 4. The number of ether oxygens (including phenoxy) is 1. The lowest BCUT2D eigenvalue weighted by atomic mass is 10.1. The fraction of sp³-hybridized carbons (Fsp3) is 0.462. The predicted molar refractivity (Wildman–Crippen MR) is 73.3 cm³/mol. The van der Waals surface area contributed by atoms with Crippen LogP contribution in [0.5, 0.6) is 0 Å². The molecule has 0 aromatic heterocycles. The molecule has 0 amide bonds. The van der Waals surface area contributed by atoms with Crippen molar-refractivity contribution in [1.82, 2.24) is 0 Å². The first-order chi connectivity index (χ1) is 8.95. The third kappa shape index (κ3) is 4.40. The maximum atomic E-state index is 13.2. The zero-order valence-electron chi connectivity index (χ0n) is 11.4. The molecule has 5 nitrogen and oxygen atoms in total. The van der Waals surface area contributed by atoms with Crippen molar-refractivity contribution in [2.45, 2.75) is 20.0 Å². The Morgan fingerprint density at radius 2 is 2.21 bits per heavy atom. The maximum Gasteiger partial charge on any atom is 0.172 e. The molecule has 19 heavy (non-hydrogen) atoms. The first-order valence-corrected chi connectivity index (χ1v) is 6.06. The predicted octanol–water partition coefficient (Wildman–Crippen LogP) is 1.78. The van der Waals surface area contributed by atoms with Crippen molar-refractivity contribution in [2.24, 2.45) is 10.9 Å². The maximum absolute atomic E-state index is 13.2. The molecule has 3 N–H and O–H groups in total. The average Bonchev–Trinajstić information content (AvgIpc) is 2.37. The molecule has 6 heteroatoms. The summed E-state index contributed by atoms with van der Waals surface area (Å²) in [4.78, 5) is 1.87. The van der Waals surface area contributed by atoms with Crippen molar-refractivity contribution in [3.8, 4) is 0 Å². The van der Waals surface area contributed by atoms with Gasteiger partial charge in [-0.25, -0.2) is 4.39 Å². The van der Waals surface area contributed by atoms with E-state index in [2.05, 4.69) is 5.16 Å². The van der Waals surface area contributed by atoms with E-state index >= 15 is 0 Å². The van der Waals surface area contributed by atoms with Gasteiger partial charge in [-0.05, 0) is 32.0 Å². The highest BCUT2D eigenvalue weighted by atomic mass is 19.1. The van der Waals surface area contributed by atoms with E-state index in [1.165, 1.54) is 12.1 Å². The Labute approximate surface area is 112 Å². The van der Waals surface area contributed by atoms with E-state index in [4.69, 9.17) is 15.7 Å². The molecular formula is C13H20FN3O2. The molecule has 0 radical (unpaired) electrons. The largest absolute Gasteiger partial charge is 0.409 e. The molecule has 0 spiro atoms. The molecule has 106 valence electrons. The summed E-state index contributed by atoms with van der Waals surface area (Å²) in [5.74, 6) is -0.552. The number of anilines is 1. The van der Waals surface area contributed by atoms with Gasteiger partial charge in [0.2, 0.25) is 0 Å². The Morgan fingerprint density at radius 1 is 1.53 bits per heavy atom. The van der Waals surface area contributed by atoms with Crippen molar-refractivity contribution in [3.05, 3.63) is 29.6 Å². The number of amidine groups is 1. The van der Waals surface area contributed by atoms with Gasteiger partial charge < -0.3 is 20.6 Å². The summed E-state index contributed by atoms with van der Waals surface area (Å²) in [6.45, 7) is 5.08. The summed E-state index contributed by atoms with van der Waals surface area (Å²) in [6.07, 6.45) is 0.158. The van der Waals surface area contributed by atoms with Crippen LogP contribution in [-0.4, -0.2) is 37.3 Å². The zero-order chi connectivity index (χ0) is 14.4. The minimum atomic E-state index is -0.433. The number of hydrogen-bond donors (Lipinski definition) is 2. The third-order valence-electron chi connectivity index (χ3n) is 2.63. The van der Waals surface area contributed by atoms with E-state index in [-0.39, 0.29) is 11.9 Å². The quantitative estimate of drug-likeness (QED) is 0.357. The molecule has 1 aromatic rings. The Morgan fingerprint density at radius 3 is 2.79 bits per heavy atom. The van der Waals surface area contributed by atoms with Gasteiger partial charge >= 0.3 is 0 Å². The van der Waals surface area contributed by atoms with Crippen LogP contribution in [-0.2, 0) is 4.74 Å². The van der Waals surface area contributed by atoms with Crippen LogP contribution in [0.25, 0.3) is 0 Å². The summed E-state index contributed by atoms with van der Waals surface area (Å²) in [6, 6.07) is 4.17. The fourth-order valence-corrected chi connectivity index (χ4v) is 1.65. The summed E-state index contributed by atoms with van der Waals surface area (Å²) in [5, 5.41) is 11.7. The van der Waals surface area contributed by atoms with Crippen molar-refractivity contribution < 1.29 is 14.3 Å². The lowest BCUT2D eigenvalue weighted by molar-refractivity contribution is 0.0846. The van der Waals surface area contributed by atoms with Gasteiger partial charge in [-0.2, -0.15) is 0 Å². The minimum Gasteiger partial charge on any atom is -0.409 e. The van der Waals surface area contributed by atoms with Gasteiger partial charge in [-0.1, -0.05) is 5.16 Å². The van der Waals surface area contributed by atoms with Gasteiger partial charge in [0.05, 0.1) is 12.7 Å². The average molecular weight is 269 g/mol. The number of oxime groups is 1. The number of benzene rings is 1. The van der Waals surface area contributed by atoms with Gasteiger partial charge in [0, 0.05) is 24.8 Å². The van der Waals surface area contributed by atoms with E-state index < -0.39 is 5.82 Å². The van der Waals surface area contributed by atoms with Crippen LogP contribution < -0.4 is 10.6 Å². The number of likely N-dealkylation sites (N-methyl/N-ethyl adjacent to an activating group) is 1. The Balaban J connectivity index is 2.87. The highest BCUT2D eigenvalue weighted by Crippen LogP contribution is 2.20. The number of nitrogens with zero attached hydrogens (tertiary/aromatic N) is 2. The van der Waals surface area contributed by atoms with Gasteiger partial charge in [-0.3, -0.25) is 0 Å². The highest BCUT2D eigenvalue weighted by Gasteiger charge is 2.12. The molecular weight excluding hydrogens is 249 g/mol. The SMILES string of the molecule is CC(C)OCCN(C)c1ccc(F)cc1/C(N)=N/O. The van der Waals surface area contributed by atoms with Crippen LogP contribution in [0.3, 0.4) is 0 Å². The summed E-state index contributed by atoms with van der Waals surface area (Å²) in [7, 11) is 1.84. The van der Waals surface area contributed by atoms with E-state index in [1.54, 1.807) is 6.07 Å². The first kappa shape index (κ1) is 15.2. The topological polar surface area (TPSA) is 71.1 Å². The van der Waals surface area contributed by atoms with E-state index in [0.29, 0.717) is 24.4 Å². The second-order valence-corrected chi connectivity index (χ2v) is 4.49. The van der Waals surface area contributed by atoms with Crippen LogP contribution in [0.4, 0.5) is 10.1 Å². The van der Waals surface area contributed by atoms with Crippen LogP contribution in [0.2, 0.25) is 0 Å². The molecule has 0 unspecified atom stereocenters. The highest BCUT2D eigenvalue weighted by molar-refractivity contribution is 6.02. The first-order valence-electron chi connectivity index (χ1n) is 6.06. The lowest BCUT2D eigenvalue weighted by Crippen LogP contribution is -2.27. The molecule has 0 aliphatic carbocycles. The van der Waals surface area contributed by atoms with Gasteiger partial charge in [0.1, 0.15) is 5.82 Å². The zero-order valence-corrected chi connectivity index (χ0v) is 11.4. The number of rotatable bonds is 6. The molecule has 1 aromatic carbocycles. The van der Waals surface area contributed by atoms with Gasteiger partial charge in [0.25, 0.3) is 0 Å². The molecule has 0 atom stereocenters. The van der Waals surface area contributed by atoms with Crippen LogP contribution in [0.1, 0.15) is 19.4 Å². The third-order valence-corrected chi connectivity index (χ3v) is 2.63. The number of nitrogens with two attached hydrogens (primary N) is 1. The Hall–Kier alpha value is -1.82. The Bertz CT molecular complexity index is 450. The lowest BCUT2D eigenvalue weighted by Gasteiger charge is -2.22. The molecule has 0 heterocycles. The van der Waals surface area contributed by atoms with Crippen LogP contribution in [0.15, 0.2) is 23.4 Å². The van der Waals surface area contributed by atoms with Crippen molar-refractivity contribution in [1.29, 1.82) is 0 Å². The monoisotopic (exact) mass is 269 g/mol. The molecule has 0 saturated carbocycles. The van der Waals surface area contributed by atoms with Crippen molar-refractivity contribution >= 4 is 11.5 Å². The normalized spacial score (nSPS) is 11.9. The van der Waals surface area contributed by atoms with Gasteiger partial charge in [0.15, 0.2) is 5.84 Å². The van der Waals surface area contributed by atoms with Crippen molar-refractivity contribution in [3.63, 3.8) is 0 Å². The second-order valence-electron chi connectivity index (χ2n) is 4.49. The second kappa shape index (κ2) is 6.94. The molecule has 0 aliphatic rings. The number of halogens is 1. The molecule has 1 rings (SSSR count). The standard InChI is InChI=1S/C13H20FN3O2/c1-9(2)19-7-6-17(3)12-5-4-10(14)8-11(12)13(15)16-18/h4-5,8-9,18H,6-7H2,1-3H3,(H2,15,16). The van der Waals surface area contributed by atoms with E-state index in [0.717, 1.165) is 0 Å². The smallest absolute Gasteiger partial charge is 0.172 e. The summed E-state index contributed by atoms with van der Waals surface area (Å²) in [5.41, 5.74) is 6.59. The van der Waals surface area contributed by atoms with E-state index in [9.17, 15) is 4.39 Å². The minimum absolute atomic E-state index is 0.119. The molecule has 0 saturated heterocycles. The summed E-state index contributed by atoms with van der Waals surface area (Å²) < 4.78 is 18.7. The summed E-state index contributed by atoms with van der Waals surface area (Å²) >= 11 is 0. The Kier molecular flexibility index (Phi) is 5.57. The van der Waals surface area contributed by atoms with Crippen LogP contribution >= 0.6 is 0 Å².